The average Bonchev–Trinajstić information content (AvgIpc) is 2.16. The largest absolute Gasteiger partial charge is 0.478 e. The quantitative estimate of drug-likeness (QED) is 0.794. The van der Waals surface area contributed by atoms with Crippen LogP contribution in [-0.2, 0) is 0 Å². The number of hydrogen-bond donors (Lipinski definition) is 1. The standard InChI is InChI=1S/C10H6BrNO2/c11-9-4-8-3-6(10(13)14)1-2-7(8)5-12-9/h1-5H,(H,13,14). The number of benzene rings is 1. The molecular formula is C10H6BrNO2. The minimum absolute atomic E-state index is 0.288. The molecule has 0 amide bonds. The van der Waals surface area contributed by atoms with Crippen LogP contribution in [0.15, 0.2) is 35.1 Å². The van der Waals surface area contributed by atoms with Gasteiger partial charge in [-0.3, -0.25) is 0 Å². The lowest BCUT2D eigenvalue weighted by atomic mass is 10.1. The van der Waals surface area contributed by atoms with Gasteiger partial charge in [0, 0.05) is 11.6 Å². The summed E-state index contributed by atoms with van der Waals surface area (Å²) in [5.41, 5.74) is 0.288. The van der Waals surface area contributed by atoms with Crippen molar-refractivity contribution in [3.05, 3.63) is 40.6 Å². The summed E-state index contributed by atoms with van der Waals surface area (Å²) in [6, 6.07) is 6.74. The summed E-state index contributed by atoms with van der Waals surface area (Å²) < 4.78 is 0.701. The zero-order valence-electron chi connectivity index (χ0n) is 7.07. The van der Waals surface area contributed by atoms with Gasteiger partial charge in [-0.1, -0.05) is 6.07 Å². The van der Waals surface area contributed by atoms with Crippen molar-refractivity contribution < 1.29 is 9.90 Å². The first kappa shape index (κ1) is 9.15. The molecule has 2 rings (SSSR count). The summed E-state index contributed by atoms with van der Waals surface area (Å²) in [6.45, 7) is 0. The molecule has 2 aromatic rings. The minimum Gasteiger partial charge on any atom is -0.478 e. The number of carboxylic acids is 1. The van der Waals surface area contributed by atoms with Crippen LogP contribution in [0.25, 0.3) is 10.8 Å². The molecule has 70 valence electrons. The maximum Gasteiger partial charge on any atom is 0.335 e. The maximum absolute atomic E-state index is 10.7. The van der Waals surface area contributed by atoms with Crippen LogP contribution in [0, 0.1) is 0 Å². The fraction of sp³-hybridized carbons (Fsp3) is 0. The topological polar surface area (TPSA) is 50.2 Å². The summed E-state index contributed by atoms with van der Waals surface area (Å²) >= 11 is 3.24. The highest BCUT2D eigenvalue weighted by atomic mass is 79.9. The van der Waals surface area contributed by atoms with Crippen molar-refractivity contribution in [1.29, 1.82) is 0 Å². The molecule has 0 saturated carbocycles. The van der Waals surface area contributed by atoms with Gasteiger partial charge in [0.05, 0.1) is 5.56 Å². The Balaban J connectivity index is 2.69. The second-order valence-corrected chi connectivity index (χ2v) is 3.69. The van der Waals surface area contributed by atoms with Gasteiger partial charge < -0.3 is 5.11 Å². The van der Waals surface area contributed by atoms with E-state index in [1.807, 2.05) is 0 Å². The molecular weight excluding hydrogens is 246 g/mol. The molecule has 0 aliphatic rings. The Morgan fingerprint density at radius 2 is 2.07 bits per heavy atom. The van der Waals surface area contributed by atoms with Gasteiger partial charge in [-0.2, -0.15) is 0 Å². The lowest BCUT2D eigenvalue weighted by Crippen LogP contribution is -1.95. The number of aromatic carboxylic acids is 1. The number of nitrogens with zero attached hydrogens (tertiary/aromatic N) is 1. The highest BCUT2D eigenvalue weighted by Crippen LogP contribution is 2.18. The smallest absolute Gasteiger partial charge is 0.335 e. The lowest BCUT2D eigenvalue weighted by molar-refractivity contribution is 0.0697. The second kappa shape index (κ2) is 3.38. The third-order valence-electron chi connectivity index (χ3n) is 1.94. The number of halogens is 1. The van der Waals surface area contributed by atoms with Crippen LogP contribution in [0.1, 0.15) is 10.4 Å². The molecule has 3 nitrogen and oxygen atoms in total. The van der Waals surface area contributed by atoms with E-state index in [0.29, 0.717) is 4.60 Å². The highest BCUT2D eigenvalue weighted by molar-refractivity contribution is 9.10. The van der Waals surface area contributed by atoms with Gasteiger partial charge in [0.15, 0.2) is 0 Å². The molecule has 0 unspecified atom stereocenters. The van der Waals surface area contributed by atoms with Crippen molar-refractivity contribution in [3.63, 3.8) is 0 Å². The number of carboxylic acid groups (broad SMARTS) is 1. The van der Waals surface area contributed by atoms with Crippen molar-refractivity contribution in [1.82, 2.24) is 4.98 Å². The Morgan fingerprint density at radius 1 is 1.29 bits per heavy atom. The van der Waals surface area contributed by atoms with Crippen molar-refractivity contribution >= 4 is 32.7 Å². The Kier molecular flexibility index (Phi) is 2.21. The SMILES string of the molecule is O=C(O)c1ccc2cnc(Br)cc2c1. The van der Waals surface area contributed by atoms with Crippen molar-refractivity contribution in [2.75, 3.05) is 0 Å². The Bertz CT molecular complexity index is 510. The van der Waals surface area contributed by atoms with Gasteiger partial charge in [-0.15, -0.1) is 0 Å². The van der Waals surface area contributed by atoms with E-state index in [4.69, 9.17) is 5.11 Å². The molecule has 1 aromatic heterocycles. The summed E-state index contributed by atoms with van der Waals surface area (Å²) in [5.74, 6) is -0.917. The predicted molar refractivity (Wildman–Crippen MR) is 56.4 cm³/mol. The van der Waals surface area contributed by atoms with E-state index in [9.17, 15) is 4.79 Å². The molecule has 1 heterocycles. The normalized spacial score (nSPS) is 10.4. The maximum atomic E-state index is 10.7. The first-order valence-electron chi connectivity index (χ1n) is 3.95. The highest BCUT2D eigenvalue weighted by Gasteiger charge is 2.03. The number of hydrogen-bond acceptors (Lipinski definition) is 2. The zero-order chi connectivity index (χ0) is 10.1. The summed E-state index contributed by atoms with van der Waals surface area (Å²) in [6.07, 6.45) is 1.70. The van der Waals surface area contributed by atoms with Crippen molar-refractivity contribution in [2.45, 2.75) is 0 Å². The Labute approximate surface area is 88.5 Å². The van der Waals surface area contributed by atoms with Crippen LogP contribution in [0.3, 0.4) is 0 Å². The van der Waals surface area contributed by atoms with Crippen LogP contribution in [-0.4, -0.2) is 16.1 Å². The molecule has 0 radical (unpaired) electrons. The Morgan fingerprint density at radius 3 is 2.79 bits per heavy atom. The van der Waals surface area contributed by atoms with Crippen molar-refractivity contribution in [3.8, 4) is 0 Å². The zero-order valence-corrected chi connectivity index (χ0v) is 8.65. The predicted octanol–water partition coefficient (Wildman–Crippen LogP) is 2.70. The number of rotatable bonds is 1. The fourth-order valence-corrected chi connectivity index (χ4v) is 1.60. The third kappa shape index (κ3) is 1.61. The number of aromatic nitrogens is 1. The lowest BCUT2D eigenvalue weighted by Gasteiger charge is -1.99. The molecule has 1 N–H and O–H groups in total. The number of carbonyl (C=O) groups is 1. The van der Waals surface area contributed by atoms with E-state index in [2.05, 4.69) is 20.9 Å². The first-order chi connectivity index (χ1) is 6.66. The molecule has 4 heteroatoms. The van der Waals surface area contributed by atoms with E-state index >= 15 is 0 Å². The van der Waals surface area contributed by atoms with Crippen molar-refractivity contribution in [2.24, 2.45) is 0 Å². The molecule has 0 saturated heterocycles. The summed E-state index contributed by atoms with van der Waals surface area (Å²) in [5, 5.41) is 10.6. The molecule has 0 spiro atoms. The summed E-state index contributed by atoms with van der Waals surface area (Å²) in [4.78, 5) is 14.8. The molecule has 1 aromatic carbocycles. The monoisotopic (exact) mass is 251 g/mol. The van der Waals surface area contributed by atoms with Gasteiger partial charge >= 0.3 is 5.97 Å². The first-order valence-corrected chi connectivity index (χ1v) is 4.75. The molecule has 0 fully saturated rings. The van der Waals surface area contributed by atoms with Gasteiger partial charge in [-0.05, 0) is 39.5 Å². The minimum atomic E-state index is -0.917. The molecule has 14 heavy (non-hydrogen) atoms. The molecule has 0 aliphatic carbocycles. The van der Waals surface area contributed by atoms with E-state index in [-0.39, 0.29) is 5.56 Å². The third-order valence-corrected chi connectivity index (χ3v) is 2.37. The number of pyridine rings is 1. The molecule has 0 aliphatic heterocycles. The van der Waals surface area contributed by atoms with Crippen LogP contribution >= 0.6 is 15.9 Å². The Hall–Kier alpha value is -1.42. The summed E-state index contributed by atoms with van der Waals surface area (Å²) in [7, 11) is 0. The van der Waals surface area contributed by atoms with Crippen LogP contribution in [0.5, 0.6) is 0 Å². The molecule has 0 bridgehead atoms. The van der Waals surface area contributed by atoms with E-state index in [1.54, 1.807) is 30.5 Å². The molecule has 0 atom stereocenters. The van der Waals surface area contributed by atoms with Crippen LogP contribution in [0.4, 0.5) is 0 Å². The second-order valence-electron chi connectivity index (χ2n) is 2.87. The number of fused-ring (bicyclic) bond motifs is 1. The van der Waals surface area contributed by atoms with Gasteiger partial charge in [0.25, 0.3) is 0 Å². The van der Waals surface area contributed by atoms with Gasteiger partial charge in [-0.25, -0.2) is 9.78 Å². The van der Waals surface area contributed by atoms with E-state index in [1.165, 1.54) is 0 Å². The van der Waals surface area contributed by atoms with Gasteiger partial charge in [0.1, 0.15) is 4.60 Å². The van der Waals surface area contributed by atoms with Gasteiger partial charge in [0.2, 0.25) is 0 Å². The fourth-order valence-electron chi connectivity index (χ4n) is 1.25. The van der Waals surface area contributed by atoms with Crippen LogP contribution < -0.4 is 0 Å². The average molecular weight is 252 g/mol. The van der Waals surface area contributed by atoms with E-state index < -0.39 is 5.97 Å². The van der Waals surface area contributed by atoms with E-state index in [0.717, 1.165) is 10.8 Å². The van der Waals surface area contributed by atoms with Crippen LogP contribution in [0.2, 0.25) is 0 Å².